The molecule has 2 amide bonds. The van der Waals surface area contributed by atoms with E-state index >= 15 is 0 Å². The molecule has 0 unspecified atom stereocenters. The minimum atomic E-state index is -1.19. The van der Waals surface area contributed by atoms with Crippen molar-refractivity contribution in [3.63, 3.8) is 0 Å². The van der Waals surface area contributed by atoms with Gasteiger partial charge in [0, 0.05) is 18.4 Å². The van der Waals surface area contributed by atoms with Crippen LogP contribution >= 0.6 is 0 Å². The molecule has 184 valence electrons. The van der Waals surface area contributed by atoms with Gasteiger partial charge in [-0.15, -0.1) is 0 Å². The molecule has 0 aliphatic heterocycles. The van der Waals surface area contributed by atoms with Crippen molar-refractivity contribution in [2.45, 2.75) is 52.4 Å². The maximum Gasteiger partial charge on any atom is 0.335 e. The summed E-state index contributed by atoms with van der Waals surface area (Å²) in [6.07, 6.45) is 0.981. The van der Waals surface area contributed by atoms with Crippen LogP contribution in [0.15, 0.2) is 42.5 Å². The fourth-order valence-corrected chi connectivity index (χ4v) is 4.78. The second-order valence-electron chi connectivity index (χ2n) is 9.69. The van der Waals surface area contributed by atoms with Crippen LogP contribution in [0.5, 0.6) is 0 Å². The van der Waals surface area contributed by atoms with Crippen molar-refractivity contribution in [3.8, 4) is 0 Å². The lowest BCUT2D eigenvalue weighted by molar-refractivity contribution is 0.0696. The highest BCUT2D eigenvalue weighted by Crippen LogP contribution is 2.48. The Kier molecular flexibility index (Phi) is 7.14. The number of nitrogens with zero attached hydrogens (tertiary/aromatic N) is 2. The van der Waals surface area contributed by atoms with Crippen LogP contribution in [0.2, 0.25) is 0 Å². The number of carboxylic acids is 1. The summed E-state index contributed by atoms with van der Waals surface area (Å²) in [5, 5.41) is 16.1. The molecule has 0 spiro atoms. The molecule has 8 heteroatoms. The van der Waals surface area contributed by atoms with Crippen molar-refractivity contribution in [2.75, 3.05) is 5.32 Å². The summed E-state index contributed by atoms with van der Waals surface area (Å²) in [4.78, 5) is 35.7. The normalized spacial score (nSPS) is 15.5. The quantitative estimate of drug-likeness (QED) is 0.509. The molecule has 4 N–H and O–H groups in total. The largest absolute Gasteiger partial charge is 0.478 e. The number of nitrogens with one attached hydrogen (secondary N) is 1. The molecular formula is C27H32N4O4. The van der Waals surface area contributed by atoms with Crippen LogP contribution in [0, 0.1) is 13.8 Å². The number of fused-ring (bicyclic) bond motifs is 1. The Morgan fingerprint density at radius 1 is 1.11 bits per heavy atom. The summed E-state index contributed by atoms with van der Waals surface area (Å²) >= 11 is 0. The smallest absolute Gasteiger partial charge is 0.335 e. The van der Waals surface area contributed by atoms with Gasteiger partial charge in [0.25, 0.3) is 5.91 Å². The van der Waals surface area contributed by atoms with E-state index in [9.17, 15) is 14.4 Å². The Labute approximate surface area is 205 Å². The van der Waals surface area contributed by atoms with Crippen LogP contribution in [0.1, 0.15) is 86.7 Å². The van der Waals surface area contributed by atoms with Crippen molar-refractivity contribution in [3.05, 3.63) is 81.7 Å². The van der Waals surface area contributed by atoms with Crippen molar-refractivity contribution < 1.29 is 19.5 Å². The SMILES string of the molecule is C[C@@H]1CC(C)(C)c2cccc(NC(=O)c3ccc(C(=O)O)cc3C(N)=O)c21.Cc1cc(C)n(C)n1. The lowest BCUT2D eigenvalue weighted by atomic mass is 9.86. The van der Waals surface area contributed by atoms with Crippen LogP contribution in [0.3, 0.4) is 0 Å². The molecule has 0 radical (unpaired) electrons. The van der Waals surface area contributed by atoms with Crippen molar-refractivity contribution in [1.29, 1.82) is 0 Å². The zero-order valence-electron chi connectivity index (χ0n) is 21.0. The monoisotopic (exact) mass is 476 g/mol. The lowest BCUT2D eigenvalue weighted by Crippen LogP contribution is -2.21. The number of anilines is 1. The standard InChI is InChI=1S/C21H22N2O4.C6H10N2/c1-11-10-21(2,3)15-5-4-6-16(17(11)15)23-19(25)13-8-7-12(20(26)27)9-14(13)18(22)24;1-5-4-6(2)8(3)7-5/h4-9,11H,10H2,1-3H3,(H2,22,24)(H,23,25)(H,26,27);4H,1-3H3/t11-;/m1./s1. The van der Waals surface area contributed by atoms with Crippen molar-refractivity contribution in [1.82, 2.24) is 9.78 Å². The van der Waals surface area contributed by atoms with E-state index in [0.29, 0.717) is 5.69 Å². The first-order chi connectivity index (χ1) is 16.3. The first-order valence-electron chi connectivity index (χ1n) is 11.4. The van der Waals surface area contributed by atoms with Crippen molar-refractivity contribution in [2.24, 2.45) is 12.8 Å². The van der Waals surface area contributed by atoms with E-state index < -0.39 is 17.8 Å². The number of hydrogen-bond donors (Lipinski definition) is 3. The maximum absolute atomic E-state index is 12.8. The summed E-state index contributed by atoms with van der Waals surface area (Å²) in [7, 11) is 1.95. The molecule has 0 saturated heterocycles. The minimum absolute atomic E-state index is 0.0248. The van der Waals surface area contributed by atoms with E-state index in [1.807, 2.05) is 37.7 Å². The minimum Gasteiger partial charge on any atom is -0.478 e. The number of aromatic carboxylic acids is 1. The fourth-order valence-electron chi connectivity index (χ4n) is 4.78. The van der Waals surface area contributed by atoms with E-state index in [1.165, 1.54) is 23.4 Å². The number of aromatic nitrogens is 2. The highest BCUT2D eigenvalue weighted by atomic mass is 16.4. The molecule has 2 aromatic carbocycles. The fraction of sp³-hybridized carbons (Fsp3) is 0.333. The van der Waals surface area contributed by atoms with Gasteiger partial charge in [-0.2, -0.15) is 5.10 Å². The number of aryl methyl sites for hydroxylation is 3. The molecule has 4 rings (SSSR count). The van der Waals surface area contributed by atoms with E-state index in [1.54, 1.807) is 0 Å². The molecule has 1 atom stereocenters. The van der Waals surface area contributed by atoms with Crippen LogP contribution in [0.25, 0.3) is 0 Å². The van der Waals surface area contributed by atoms with E-state index in [2.05, 4.69) is 43.3 Å². The van der Waals surface area contributed by atoms with Crippen LogP contribution in [0.4, 0.5) is 5.69 Å². The Bertz CT molecular complexity index is 1290. The molecule has 8 nitrogen and oxygen atoms in total. The molecule has 1 aliphatic rings. The van der Waals surface area contributed by atoms with Gasteiger partial charge in [0.1, 0.15) is 0 Å². The molecule has 35 heavy (non-hydrogen) atoms. The molecule has 3 aromatic rings. The number of carbonyl (C=O) groups excluding carboxylic acids is 2. The predicted molar refractivity (Wildman–Crippen MR) is 135 cm³/mol. The van der Waals surface area contributed by atoms with Gasteiger partial charge in [-0.25, -0.2) is 4.79 Å². The number of nitrogens with two attached hydrogens (primary N) is 1. The zero-order chi connectivity index (χ0) is 26.1. The first-order valence-corrected chi connectivity index (χ1v) is 11.4. The summed E-state index contributed by atoms with van der Waals surface area (Å²) in [5.74, 6) is -2.25. The topological polar surface area (TPSA) is 127 Å². The molecular weight excluding hydrogens is 444 g/mol. The van der Waals surface area contributed by atoms with Crippen LogP contribution in [-0.4, -0.2) is 32.7 Å². The Hall–Kier alpha value is -3.94. The molecule has 0 bridgehead atoms. The first kappa shape index (κ1) is 25.7. The van der Waals surface area contributed by atoms with E-state index in [4.69, 9.17) is 10.8 Å². The van der Waals surface area contributed by atoms with Gasteiger partial charge in [0.2, 0.25) is 5.91 Å². The van der Waals surface area contributed by atoms with Gasteiger partial charge in [-0.1, -0.05) is 32.9 Å². The van der Waals surface area contributed by atoms with Crippen LogP contribution in [-0.2, 0) is 12.5 Å². The maximum atomic E-state index is 12.8. The summed E-state index contributed by atoms with van der Waals surface area (Å²) in [6.45, 7) is 10.5. The van der Waals surface area contributed by atoms with E-state index in [-0.39, 0.29) is 28.0 Å². The molecule has 1 aliphatic carbocycles. The van der Waals surface area contributed by atoms with Gasteiger partial charge in [0.05, 0.1) is 22.4 Å². The highest BCUT2D eigenvalue weighted by molar-refractivity contribution is 6.13. The number of rotatable bonds is 4. The summed E-state index contributed by atoms with van der Waals surface area (Å²) in [6, 6.07) is 11.6. The molecule has 0 saturated carbocycles. The summed E-state index contributed by atoms with van der Waals surface area (Å²) in [5.41, 5.74) is 10.5. The Morgan fingerprint density at radius 3 is 2.31 bits per heavy atom. The third-order valence-corrected chi connectivity index (χ3v) is 6.41. The molecule has 0 fully saturated rings. The molecule has 1 heterocycles. The van der Waals surface area contributed by atoms with Gasteiger partial charge in [0.15, 0.2) is 0 Å². The summed E-state index contributed by atoms with van der Waals surface area (Å²) < 4.78 is 1.87. The number of hydrogen-bond acceptors (Lipinski definition) is 4. The van der Waals surface area contributed by atoms with Gasteiger partial charge in [-0.3, -0.25) is 14.3 Å². The van der Waals surface area contributed by atoms with Gasteiger partial charge < -0.3 is 16.2 Å². The highest BCUT2D eigenvalue weighted by Gasteiger charge is 2.36. The lowest BCUT2D eigenvalue weighted by Gasteiger charge is -2.19. The van der Waals surface area contributed by atoms with Gasteiger partial charge in [-0.05, 0) is 73.1 Å². The second-order valence-corrected chi connectivity index (χ2v) is 9.69. The molecule has 1 aromatic heterocycles. The Morgan fingerprint density at radius 2 is 1.80 bits per heavy atom. The third-order valence-electron chi connectivity index (χ3n) is 6.41. The number of carboxylic acid groups (broad SMARTS) is 1. The predicted octanol–water partition coefficient (Wildman–Crippen LogP) is 4.56. The average Bonchev–Trinajstić information content (AvgIpc) is 3.20. The third kappa shape index (κ3) is 5.42. The second kappa shape index (κ2) is 9.74. The number of carbonyl (C=O) groups is 3. The van der Waals surface area contributed by atoms with E-state index in [0.717, 1.165) is 23.7 Å². The average molecular weight is 477 g/mol. The zero-order valence-corrected chi connectivity index (χ0v) is 21.0. The van der Waals surface area contributed by atoms with Crippen LogP contribution < -0.4 is 11.1 Å². The van der Waals surface area contributed by atoms with Gasteiger partial charge >= 0.3 is 5.97 Å². The Balaban J connectivity index is 0.000000363. The number of primary amides is 1. The number of amides is 2. The number of benzene rings is 2. The van der Waals surface area contributed by atoms with Crippen molar-refractivity contribution >= 4 is 23.5 Å².